The maximum Gasteiger partial charge on any atom is 0.119 e. The van der Waals surface area contributed by atoms with E-state index >= 15 is 0 Å². The minimum absolute atomic E-state index is 0.510. The Balaban J connectivity index is 1.69. The van der Waals surface area contributed by atoms with Crippen LogP contribution in [0.3, 0.4) is 0 Å². The van der Waals surface area contributed by atoms with Gasteiger partial charge >= 0.3 is 0 Å². The minimum Gasteiger partial charge on any atom is -0.491 e. The zero-order valence-electron chi connectivity index (χ0n) is 14.7. The van der Waals surface area contributed by atoms with Gasteiger partial charge in [0.15, 0.2) is 0 Å². The molecule has 1 aromatic rings. The molecule has 0 bridgehead atoms. The van der Waals surface area contributed by atoms with Crippen molar-refractivity contribution in [2.24, 2.45) is 0 Å². The van der Waals surface area contributed by atoms with Gasteiger partial charge in [0.1, 0.15) is 12.4 Å². The fraction of sp³-hybridized carbons (Fsp3) is 0.667. The molecule has 0 spiro atoms. The summed E-state index contributed by atoms with van der Waals surface area (Å²) in [7, 11) is 0. The standard InChI is InChI=1S/C18H29ClO6/c19-6-7-20-8-9-21-10-11-22-12-13-23-14-15-24-16-17-25-18-4-2-1-3-5-18/h1-5H,6-17H2. The first kappa shape index (κ1) is 22.2. The first-order valence-electron chi connectivity index (χ1n) is 8.56. The average molecular weight is 377 g/mol. The van der Waals surface area contributed by atoms with Gasteiger partial charge < -0.3 is 28.4 Å². The van der Waals surface area contributed by atoms with Gasteiger partial charge in [0.2, 0.25) is 0 Å². The van der Waals surface area contributed by atoms with E-state index in [1.54, 1.807) is 0 Å². The summed E-state index contributed by atoms with van der Waals surface area (Å²) in [6, 6.07) is 9.68. The number of para-hydroxylation sites is 1. The van der Waals surface area contributed by atoms with Crippen molar-refractivity contribution in [3.05, 3.63) is 30.3 Å². The Labute approximate surface area is 155 Å². The Morgan fingerprint density at radius 2 is 0.920 bits per heavy atom. The van der Waals surface area contributed by atoms with E-state index in [1.165, 1.54) is 0 Å². The highest BCUT2D eigenvalue weighted by molar-refractivity contribution is 6.17. The lowest BCUT2D eigenvalue weighted by Gasteiger charge is -2.08. The van der Waals surface area contributed by atoms with Gasteiger partial charge in [-0.05, 0) is 12.1 Å². The lowest BCUT2D eigenvalue weighted by Crippen LogP contribution is -2.14. The van der Waals surface area contributed by atoms with Crippen LogP contribution < -0.4 is 4.74 Å². The van der Waals surface area contributed by atoms with E-state index in [4.69, 9.17) is 40.0 Å². The summed E-state index contributed by atoms with van der Waals surface area (Å²) < 4.78 is 32.2. The molecule has 7 heteroatoms. The van der Waals surface area contributed by atoms with Gasteiger partial charge in [-0.15, -0.1) is 11.6 Å². The van der Waals surface area contributed by atoms with Crippen LogP contribution >= 0.6 is 11.6 Å². The van der Waals surface area contributed by atoms with Crippen LogP contribution in [0.15, 0.2) is 30.3 Å². The molecule has 0 saturated carbocycles. The van der Waals surface area contributed by atoms with Crippen molar-refractivity contribution in [2.45, 2.75) is 0 Å². The lowest BCUT2D eigenvalue weighted by atomic mass is 10.3. The fourth-order valence-corrected chi connectivity index (χ4v) is 1.88. The number of benzene rings is 1. The number of hydrogen-bond donors (Lipinski definition) is 0. The van der Waals surface area contributed by atoms with Crippen molar-refractivity contribution in [2.75, 3.05) is 78.6 Å². The Morgan fingerprint density at radius 3 is 1.36 bits per heavy atom. The van der Waals surface area contributed by atoms with Crippen molar-refractivity contribution in [1.29, 1.82) is 0 Å². The van der Waals surface area contributed by atoms with Gasteiger partial charge in [0.05, 0.1) is 66.1 Å². The highest BCUT2D eigenvalue weighted by Crippen LogP contribution is 2.07. The van der Waals surface area contributed by atoms with E-state index in [9.17, 15) is 0 Å². The molecule has 0 fully saturated rings. The molecule has 25 heavy (non-hydrogen) atoms. The third kappa shape index (κ3) is 15.1. The van der Waals surface area contributed by atoms with Crippen LogP contribution in [-0.2, 0) is 23.7 Å². The Hall–Kier alpha value is -0.890. The molecular formula is C18H29ClO6. The van der Waals surface area contributed by atoms with Gasteiger partial charge in [-0.3, -0.25) is 0 Å². The predicted molar refractivity (Wildman–Crippen MR) is 96.8 cm³/mol. The summed E-state index contributed by atoms with van der Waals surface area (Å²) in [5.74, 6) is 1.36. The largest absolute Gasteiger partial charge is 0.491 e. The van der Waals surface area contributed by atoms with Gasteiger partial charge in [-0.2, -0.15) is 0 Å². The SMILES string of the molecule is ClCCOCCOCCOCCOCCOCCOc1ccccc1. The smallest absolute Gasteiger partial charge is 0.119 e. The summed E-state index contributed by atoms with van der Waals surface area (Å²) in [6.45, 7) is 6.03. The molecule has 0 aliphatic heterocycles. The minimum atomic E-state index is 0.510. The van der Waals surface area contributed by atoms with Crippen molar-refractivity contribution in [1.82, 2.24) is 0 Å². The van der Waals surface area contributed by atoms with E-state index in [0.29, 0.717) is 78.6 Å². The van der Waals surface area contributed by atoms with Crippen molar-refractivity contribution >= 4 is 11.6 Å². The molecule has 0 saturated heterocycles. The summed E-state index contributed by atoms with van der Waals surface area (Å²) >= 11 is 5.48. The molecule has 0 radical (unpaired) electrons. The number of hydrogen-bond acceptors (Lipinski definition) is 6. The molecule has 0 amide bonds. The number of rotatable bonds is 18. The fourth-order valence-electron chi connectivity index (χ4n) is 1.77. The summed E-state index contributed by atoms with van der Waals surface area (Å²) in [5.41, 5.74) is 0. The molecule has 0 N–H and O–H groups in total. The van der Waals surface area contributed by atoms with Crippen LogP contribution in [0.5, 0.6) is 5.75 Å². The highest BCUT2D eigenvalue weighted by atomic mass is 35.5. The van der Waals surface area contributed by atoms with Crippen LogP contribution in [0.1, 0.15) is 0 Å². The van der Waals surface area contributed by atoms with Gasteiger partial charge in [-0.1, -0.05) is 18.2 Å². The molecule has 1 aromatic carbocycles. The van der Waals surface area contributed by atoms with Crippen molar-refractivity contribution in [3.8, 4) is 5.75 Å². The maximum absolute atomic E-state index is 5.51. The van der Waals surface area contributed by atoms with Crippen LogP contribution in [0.2, 0.25) is 0 Å². The van der Waals surface area contributed by atoms with E-state index in [-0.39, 0.29) is 0 Å². The van der Waals surface area contributed by atoms with E-state index in [1.807, 2.05) is 30.3 Å². The zero-order chi connectivity index (χ0) is 17.8. The quantitative estimate of drug-likeness (QED) is 0.289. The number of halogens is 1. The third-order valence-corrected chi connectivity index (χ3v) is 3.10. The topological polar surface area (TPSA) is 55.4 Å². The van der Waals surface area contributed by atoms with E-state index in [0.717, 1.165) is 5.75 Å². The Kier molecular flexibility index (Phi) is 15.9. The van der Waals surface area contributed by atoms with Gasteiger partial charge in [-0.25, -0.2) is 0 Å². The zero-order valence-corrected chi connectivity index (χ0v) is 15.5. The van der Waals surface area contributed by atoms with Gasteiger partial charge in [0.25, 0.3) is 0 Å². The molecule has 6 nitrogen and oxygen atoms in total. The molecule has 144 valence electrons. The third-order valence-electron chi connectivity index (χ3n) is 2.95. The van der Waals surface area contributed by atoms with E-state index < -0.39 is 0 Å². The monoisotopic (exact) mass is 376 g/mol. The van der Waals surface area contributed by atoms with Crippen LogP contribution in [0.4, 0.5) is 0 Å². The second kappa shape index (κ2) is 17.9. The van der Waals surface area contributed by atoms with Crippen LogP contribution in [-0.4, -0.2) is 78.6 Å². The lowest BCUT2D eigenvalue weighted by molar-refractivity contribution is -0.0118. The normalized spacial score (nSPS) is 10.9. The van der Waals surface area contributed by atoms with Crippen LogP contribution in [0, 0.1) is 0 Å². The molecule has 0 aliphatic rings. The van der Waals surface area contributed by atoms with Crippen molar-refractivity contribution in [3.63, 3.8) is 0 Å². The molecule has 0 heterocycles. The molecule has 0 aromatic heterocycles. The van der Waals surface area contributed by atoms with Crippen LogP contribution in [0.25, 0.3) is 0 Å². The maximum atomic E-state index is 5.51. The molecule has 0 atom stereocenters. The van der Waals surface area contributed by atoms with Gasteiger partial charge in [0, 0.05) is 5.88 Å². The highest BCUT2D eigenvalue weighted by Gasteiger charge is 1.94. The molecule has 0 unspecified atom stereocenters. The Bertz CT molecular complexity index is 379. The average Bonchev–Trinajstić information content (AvgIpc) is 2.65. The molecule has 1 rings (SSSR count). The predicted octanol–water partition coefficient (Wildman–Crippen LogP) is 2.39. The summed E-state index contributed by atoms with van der Waals surface area (Å²) in [4.78, 5) is 0. The summed E-state index contributed by atoms with van der Waals surface area (Å²) in [6.07, 6.45) is 0. The second-order valence-electron chi connectivity index (χ2n) is 4.91. The summed E-state index contributed by atoms with van der Waals surface area (Å²) in [5, 5.41) is 0. The first-order valence-corrected chi connectivity index (χ1v) is 9.09. The number of alkyl halides is 1. The molecule has 0 aliphatic carbocycles. The van der Waals surface area contributed by atoms with Crippen molar-refractivity contribution < 1.29 is 28.4 Å². The Morgan fingerprint density at radius 1 is 0.520 bits per heavy atom. The first-order chi connectivity index (χ1) is 12.4. The second-order valence-corrected chi connectivity index (χ2v) is 5.29. The van der Waals surface area contributed by atoms with E-state index in [2.05, 4.69) is 0 Å². The molecular weight excluding hydrogens is 348 g/mol. The number of ether oxygens (including phenoxy) is 6.